The minimum absolute atomic E-state index is 0.0637. The number of hydrogen-bond donors (Lipinski definition) is 3. The van der Waals surface area contributed by atoms with Crippen molar-refractivity contribution >= 4 is 11.9 Å². The molecule has 1 unspecified atom stereocenters. The van der Waals surface area contributed by atoms with E-state index in [1.54, 1.807) is 12.1 Å². The molecular weight excluding hydrogens is 304 g/mol. The molecule has 0 radical (unpaired) electrons. The van der Waals surface area contributed by atoms with E-state index in [1.165, 1.54) is 0 Å². The number of nitrogens with one attached hydrogen (secondary N) is 3. The molecule has 0 aliphatic carbocycles. The Hall–Kier alpha value is -2.08. The van der Waals surface area contributed by atoms with Gasteiger partial charge in [-0.15, -0.1) is 0 Å². The smallest absolute Gasteiger partial charge is 0.251 e. The maximum atomic E-state index is 12.0. The van der Waals surface area contributed by atoms with Crippen LogP contribution in [0.25, 0.3) is 0 Å². The van der Waals surface area contributed by atoms with Gasteiger partial charge in [-0.25, -0.2) is 0 Å². The third-order valence-corrected chi connectivity index (χ3v) is 3.96. The van der Waals surface area contributed by atoms with Crippen molar-refractivity contribution in [2.45, 2.75) is 32.3 Å². The lowest BCUT2D eigenvalue weighted by Crippen LogP contribution is -2.42. The Morgan fingerprint density at radius 3 is 2.62 bits per heavy atom. The number of aliphatic imine (C=N–C) groups is 1. The largest absolute Gasteiger partial charge is 0.373 e. The predicted molar refractivity (Wildman–Crippen MR) is 96.3 cm³/mol. The second kappa shape index (κ2) is 9.27. The van der Waals surface area contributed by atoms with Gasteiger partial charge < -0.3 is 20.7 Å². The lowest BCUT2D eigenvalue weighted by Gasteiger charge is -2.21. The Bertz CT molecular complexity index is 539. The molecular formula is C18H28N4O2. The molecule has 1 amide bonds. The Morgan fingerprint density at radius 2 is 1.96 bits per heavy atom. The number of benzene rings is 1. The number of nitrogens with zero attached hydrogens (tertiary/aromatic N) is 1. The Labute approximate surface area is 144 Å². The highest BCUT2D eigenvalue weighted by atomic mass is 16.5. The van der Waals surface area contributed by atoms with E-state index in [9.17, 15) is 4.79 Å². The normalized spacial score (nSPS) is 20.7. The van der Waals surface area contributed by atoms with E-state index in [2.05, 4.69) is 27.9 Å². The van der Waals surface area contributed by atoms with Gasteiger partial charge in [0.1, 0.15) is 0 Å². The standard InChI is InChI=1S/C18H28N4O2/c1-3-19-17(22-14-18(2)10-7-13-24-18)21-12-11-20-16(23)15-8-5-4-6-9-15/h4-6,8-9H,3,7,10-14H2,1-2H3,(H,20,23)(H2,19,21,22). The minimum atomic E-state index is -0.149. The number of rotatable bonds is 7. The number of guanidine groups is 1. The van der Waals surface area contributed by atoms with Crippen LogP contribution in [0.2, 0.25) is 0 Å². The van der Waals surface area contributed by atoms with E-state index >= 15 is 0 Å². The Balaban J connectivity index is 1.74. The fourth-order valence-electron chi connectivity index (χ4n) is 2.60. The fraction of sp³-hybridized carbons (Fsp3) is 0.556. The quantitative estimate of drug-likeness (QED) is 0.402. The van der Waals surface area contributed by atoms with Crippen molar-refractivity contribution in [1.82, 2.24) is 16.0 Å². The zero-order valence-corrected chi connectivity index (χ0v) is 14.6. The van der Waals surface area contributed by atoms with Gasteiger partial charge in [-0.3, -0.25) is 9.79 Å². The summed E-state index contributed by atoms with van der Waals surface area (Å²) in [6, 6.07) is 9.21. The highest BCUT2D eigenvalue weighted by molar-refractivity contribution is 5.94. The molecule has 24 heavy (non-hydrogen) atoms. The van der Waals surface area contributed by atoms with E-state index in [0.29, 0.717) is 25.2 Å². The number of amides is 1. The number of hydrogen-bond acceptors (Lipinski definition) is 3. The maximum Gasteiger partial charge on any atom is 0.251 e. The number of carbonyl (C=O) groups excluding carboxylic acids is 1. The zero-order valence-electron chi connectivity index (χ0n) is 14.6. The van der Waals surface area contributed by atoms with Gasteiger partial charge in [0.15, 0.2) is 5.96 Å². The summed E-state index contributed by atoms with van der Waals surface area (Å²) in [5.41, 5.74) is 0.522. The van der Waals surface area contributed by atoms with Gasteiger partial charge in [-0.1, -0.05) is 18.2 Å². The molecule has 1 saturated heterocycles. The van der Waals surface area contributed by atoms with Crippen molar-refractivity contribution in [2.24, 2.45) is 4.99 Å². The van der Waals surface area contributed by atoms with Crippen LogP contribution in [-0.4, -0.2) is 50.3 Å². The first-order chi connectivity index (χ1) is 11.6. The third-order valence-electron chi connectivity index (χ3n) is 3.96. The van der Waals surface area contributed by atoms with Gasteiger partial charge in [0.05, 0.1) is 12.1 Å². The van der Waals surface area contributed by atoms with Gasteiger partial charge in [-0.05, 0) is 38.8 Å². The molecule has 1 fully saturated rings. The highest BCUT2D eigenvalue weighted by Gasteiger charge is 2.29. The van der Waals surface area contributed by atoms with Gasteiger partial charge in [0.2, 0.25) is 0 Å². The van der Waals surface area contributed by atoms with E-state index < -0.39 is 0 Å². The predicted octanol–water partition coefficient (Wildman–Crippen LogP) is 1.54. The van der Waals surface area contributed by atoms with Crippen molar-refractivity contribution in [3.63, 3.8) is 0 Å². The topological polar surface area (TPSA) is 74.8 Å². The minimum Gasteiger partial charge on any atom is -0.373 e. The van der Waals surface area contributed by atoms with Gasteiger partial charge >= 0.3 is 0 Å². The molecule has 2 rings (SSSR count). The second-order valence-electron chi connectivity index (χ2n) is 6.15. The summed E-state index contributed by atoms with van der Waals surface area (Å²) in [6.07, 6.45) is 2.14. The van der Waals surface area contributed by atoms with Crippen LogP contribution < -0.4 is 16.0 Å². The first kappa shape index (κ1) is 18.3. The Kier molecular flexibility index (Phi) is 7.06. The third kappa shape index (κ3) is 5.85. The van der Waals surface area contributed by atoms with Crippen LogP contribution in [0.3, 0.4) is 0 Å². The summed E-state index contributed by atoms with van der Waals surface area (Å²) in [5.74, 6) is 0.689. The average molecular weight is 332 g/mol. The fourth-order valence-corrected chi connectivity index (χ4v) is 2.60. The van der Waals surface area contributed by atoms with E-state index in [1.807, 2.05) is 25.1 Å². The summed E-state index contributed by atoms with van der Waals surface area (Å²) in [5, 5.41) is 9.34. The van der Waals surface area contributed by atoms with Crippen molar-refractivity contribution in [3.05, 3.63) is 35.9 Å². The molecule has 3 N–H and O–H groups in total. The van der Waals surface area contributed by atoms with Gasteiger partial charge in [0.25, 0.3) is 5.91 Å². The number of ether oxygens (including phenoxy) is 1. The van der Waals surface area contributed by atoms with E-state index in [0.717, 1.165) is 32.0 Å². The maximum absolute atomic E-state index is 12.0. The molecule has 0 saturated carbocycles. The van der Waals surface area contributed by atoms with Crippen LogP contribution in [0.1, 0.15) is 37.0 Å². The first-order valence-electron chi connectivity index (χ1n) is 8.62. The van der Waals surface area contributed by atoms with Crippen LogP contribution in [0.5, 0.6) is 0 Å². The van der Waals surface area contributed by atoms with Crippen LogP contribution >= 0.6 is 0 Å². The molecule has 132 valence electrons. The average Bonchev–Trinajstić information content (AvgIpc) is 3.04. The first-order valence-corrected chi connectivity index (χ1v) is 8.62. The molecule has 1 aliphatic rings. The molecule has 1 atom stereocenters. The molecule has 1 aromatic carbocycles. The Morgan fingerprint density at radius 1 is 1.21 bits per heavy atom. The summed E-state index contributed by atoms with van der Waals surface area (Å²) in [6.45, 7) is 7.53. The number of carbonyl (C=O) groups is 1. The van der Waals surface area contributed by atoms with Crippen molar-refractivity contribution in [1.29, 1.82) is 0 Å². The van der Waals surface area contributed by atoms with Gasteiger partial charge in [0, 0.05) is 31.8 Å². The van der Waals surface area contributed by atoms with Crippen molar-refractivity contribution in [3.8, 4) is 0 Å². The van der Waals surface area contributed by atoms with E-state index in [-0.39, 0.29) is 11.5 Å². The molecule has 6 nitrogen and oxygen atoms in total. The van der Waals surface area contributed by atoms with Crippen LogP contribution in [0.4, 0.5) is 0 Å². The lowest BCUT2D eigenvalue weighted by atomic mass is 10.0. The monoisotopic (exact) mass is 332 g/mol. The van der Waals surface area contributed by atoms with Crippen LogP contribution in [0, 0.1) is 0 Å². The molecule has 0 bridgehead atoms. The van der Waals surface area contributed by atoms with E-state index in [4.69, 9.17) is 4.74 Å². The SMILES string of the molecule is CCNC(=NCC1(C)CCCO1)NCCNC(=O)c1ccccc1. The summed E-state index contributed by atoms with van der Waals surface area (Å²) >= 11 is 0. The second-order valence-corrected chi connectivity index (χ2v) is 6.15. The lowest BCUT2D eigenvalue weighted by molar-refractivity contribution is 0.0283. The van der Waals surface area contributed by atoms with Gasteiger partial charge in [-0.2, -0.15) is 0 Å². The van der Waals surface area contributed by atoms with Crippen LogP contribution in [-0.2, 0) is 4.74 Å². The molecule has 1 aliphatic heterocycles. The molecule has 6 heteroatoms. The molecule has 1 aromatic rings. The molecule has 1 heterocycles. The zero-order chi connectivity index (χ0) is 17.3. The summed E-state index contributed by atoms with van der Waals surface area (Å²) in [4.78, 5) is 16.6. The molecule has 0 spiro atoms. The summed E-state index contributed by atoms with van der Waals surface area (Å²) in [7, 11) is 0. The highest BCUT2D eigenvalue weighted by Crippen LogP contribution is 2.24. The van der Waals surface area contributed by atoms with Crippen molar-refractivity contribution < 1.29 is 9.53 Å². The van der Waals surface area contributed by atoms with Crippen molar-refractivity contribution in [2.75, 3.05) is 32.8 Å². The van der Waals surface area contributed by atoms with Crippen LogP contribution in [0.15, 0.2) is 35.3 Å². The molecule has 0 aromatic heterocycles. The summed E-state index contributed by atoms with van der Waals surface area (Å²) < 4.78 is 5.76.